The zero-order chi connectivity index (χ0) is 13.4. The Morgan fingerprint density at radius 2 is 1.61 bits per heavy atom. The van der Waals surface area contributed by atoms with Gasteiger partial charge in [0, 0.05) is 0 Å². The van der Waals surface area contributed by atoms with Crippen LogP contribution < -0.4 is 9.47 Å². The highest BCUT2D eigenvalue weighted by Gasteiger charge is 2.11. The summed E-state index contributed by atoms with van der Waals surface area (Å²) in [5.41, 5.74) is 0.882. The monoisotopic (exact) mass is 252 g/mol. The molecule has 18 heavy (non-hydrogen) atoms. The van der Waals surface area contributed by atoms with E-state index in [2.05, 4.69) is 13.8 Å². The molecule has 0 heterocycles. The normalized spacial score (nSPS) is 12.2. The Bertz CT molecular complexity index is 350. The SMILES string of the molecule is CCCOc1ccc([C@H](O)CC)cc1OCCC. The third-order valence-electron chi connectivity index (χ3n) is 2.66. The molecule has 0 saturated carbocycles. The van der Waals surface area contributed by atoms with Crippen LogP contribution in [0.3, 0.4) is 0 Å². The largest absolute Gasteiger partial charge is 0.490 e. The first-order valence-electron chi connectivity index (χ1n) is 6.80. The summed E-state index contributed by atoms with van der Waals surface area (Å²) in [4.78, 5) is 0. The zero-order valence-corrected chi connectivity index (χ0v) is 11.6. The van der Waals surface area contributed by atoms with Crippen LogP contribution in [0.4, 0.5) is 0 Å². The third kappa shape index (κ3) is 4.22. The lowest BCUT2D eigenvalue weighted by molar-refractivity contribution is 0.172. The zero-order valence-electron chi connectivity index (χ0n) is 11.6. The first kappa shape index (κ1) is 14.8. The fourth-order valence-corrected chi connectivity index (χ4v) is 1.62. The van der Waals surface area contributed by atoms with E-state index in [1.807, 2.05) is 25.1 Å². The fourth-order valence-electron chi connectivity index (χ4n) is 1.62. The Balaban J connectivity index is 2.88. The first-order valence-corrected chi connectivity index (χ1v) is 6.80. The predicted octanol–water partition coefficient (Wildman–Crippen LogP) is 3.71. The molecule has 0 aromatic heterocycles. The van der Waals surface area contributed by atoms with Crippen molar-refractivity contribution in [2.75, 3.05) is 13.2 Å². The van der Waals surface area contributed by atoms with Crippen LogP contribution in [0, 0.1) is 0 Å². The summed E-state index contributed by atoms with van der Waals surface area (Å²) in [5.74, 6) is 1.49. The molecule has 3 nitrogen and oxygen atoms in total. The molecule has 1 atom stereocenters. The molecule has 0 aliphatic heterocycles. The van der Waals surface area contributed by atoms with Crippen LogP contribution in [-0.4, -0.2) is 18.3 Å². The van der Waals surface area contributed by atoms with E-state index in [1.165, 1.54) is 0 Å². The smallest absolute Gasteiger partial charge is 0.161 e. The minimum atomic E-state index is -0.436. The van der Waals surface area contributed by atoms with Gasteiger partial charge in [-0.25, -0.2) is 0 Å². The van der Waals surface area contributed by atoms with Crippen LogP contribution in [0.25, 0.3) is 0 Å². The molecule has 3 heteroatoms. The summed E-state index contributed by atoms with van der Waals surface area (Å²) in [6.07, 6.45) is 2.18. The van der Waals surface area contributed by atoms with E-state index in [0.29, 0.717) is 19.6 Å². The summed E-state index contributed by atoms with van der Waals surface area (Å²) < 4.78 is 11.3. The third-order valence-corrected chi connectivity index (χ3v) is 2.66. The minimum Gasteiger partial charge on any atom is -0.490 e. The lowest BCUT2D eigenvalue weighted by Crippen LogP contribution is -2.03. The van der Waals surface area contributed by atoms with Crippen LogP contribution >= 0.6 is 0 Å². The molecular weight excluding hydrogens is 228 g/mol. The van der Waals surface area contributed by atoms with Gasteiger partial charge in [-0.3, -0.25) is 0 Å². The maximum absolute atomic E-state index is 9.85. The van der Waals surface area contributed by atoms with Crippen molar-refractivity contribution in [1.82, 2.24) is 0 Å². The highest BCUT2D eigenvalue weighted by atomic mass is 16.5. The van der Waals surface area contributed by atoms with Crippen molar-refractivity contribution in [3.05, 3.63) is 23.8 Å². The van der Waals surface area contributed by atoms with Crippen molar-refractivity contribution in [1.29, 1.82) is 0 Å². The molecular formula is C15H24O3. The molecule has 1 aromatic carbocycles. The van der Waals surface area contributed by atoms with Gasteiger partial charge in [-0.1, -0.05) is 26.8 Å². The van der Waals surface area contributed by atoms with E-state index in [-0.39, 0.29) is 0 Å². The Labute approximate surface area is 110 Å². The average molecular weight is 252 g/mol. The van der Waals surface area contributed by atoms with Crippen molar-refractivity contribution in [3.63, 3.8) is 0 Å². The number of benzene rings is 1. The molecule has 0 aliphatic rings. The molecule has 0 unspecified atom stereocenters. The molecule has 1 aromatic rings. The van der Waals surface area contributed by atoms with Gasteiger partial charge >= 0.3 is 0 Å². The molecule has 102 valence electrons. The summed E-state index contributed by atoms with van der Waals surface area (Å²) in [7, 11) is 0. The summed E-state index contributed by atoms with van der Waals surface area (Å²) in [5, 5.41) is 9.85. The molecule has 0 radical (unpaired) electrons. The first-order chi connectivity index (χ1) is 8.72. The molecule has 0 amide bonds. The van der Waals surface area contributed by atoms with Crippen molar-refractivity contribution in [3.8, 4) is 11.5 Å². The number of aliphatic hydroxyl groups is 1. The number of aliphatic hydroxyl groups excluding tert-OH is 1. The Hall–Kier alpha value is -1.22. The van der Waals surface area contributed by atoms with E-state index in [1.54, 1.807) is 0 Å². The molecule has 1 rings (SSSR count). The van der Waals surface area contributed by atoms with Gasteiger partial charge in [0.15, 0.2) is 11.5 Å². The highest BCUT2D eigenvalue weighted by Crippen LogP contribution is 2.31. The van der Waals surface area contributed by atoms with Gasteiger partial charge in [0.25, 0.3) is 0 Å². The van der Waals surface area contributed by atoms with Crippen molar-refractivity contribution >= 4 is 0 Å². The van der Waals surface area contributed by atoms with Gasteiger partial charge in [-0.2, -0.15) is 0 Å². The van der Waals surface area contributed by atoms with Gasteiger partial charge in [0.05, 0.1) is 19.3 Å². The van der Waals surface area contributed by atoms with E-state index in [4.69, 9.17) is 9.47 Å². The van der Waals surface area contributed by atoms with E-state index in [0.717, 1.165) is 29.9 Å². The Morgan fingerprint density at radius 3 is 2.17 bits per heavy atom. The fraction of sp³-hybridized carbons (Fsp3) is 0.600. The quantitative estimate of drug-likeness (QED) is 0.766. The second-order valence-corrected chi connectivity index (χ2v) is 4.33. The molecule has 0 saturated heterocycles. The second-order valence-electron chi connectivity index (χ2n) is 4.33. The summed E-state index contributed by atoms with van der Waals surface area (Å²) in [6.45, 7) is 7.43. The van der Waals surface area contributed by atoms with Crippen molar-refractivity contribution in [2.45, 2.75) is 46.1 Å². The second kappa shape index (κ2) is 7.98. The van der Waals surface area contributed by atoms with Gasteiger partial charge in [-0.05, 0) is 37.0 Å². The van der Waals surface area contributed by atoms with Gasteiger partial charge in [0.1, 0.15) is 0 Å². The summed E-state index contributed by atoms with van der Waals surface area (Å²) >= 11 is 0. The van der Waals surface area contributed by atoms with Crippen LogP contribution in [-0.2, 0) is 0 Å². The standard InChI is InChI=1S/C15H24O3/c1-4-9-17-14-8-7-12(13(16)6-3)11-15(14)18-10-5-2/h7-8,11,13,16H,4-6,9-10H2,1-3H3/t13-/m1/s1. The van der Waals surface area contributed by atoms with Crippen LogP contribution in [0.5, 0.6) is 11.5 Å². The van der Waals surface area contributed by atoms with E-state index in [9.17, 15) is 5.11 Å². The number of ether oxygens (including phenoxy) is 2. The average Bonchev–Trinajstić information content (AvgIpc) is 2.42. The summed E-state index contributed by atoms with van der Waals surface area (Å²) in [6, 6.07) is 5.67. The molecule has 1 N–H and O–H groups in total. The predicted molar refractivity (Wildman–Crippen MR) is 73.3 cm³/mol. The Morgan fingerprint density at radius 1 is 1.00 bits per heavy atom. The molecule has 0 fully saturated rings. The lowest BCUT2D eigenvalue weighted by atomic mass is 10.1. The van der Waals surface area contributed by atoms with Gasteiger partial charge < -0.3 is 14.6 Å². The van der Waals surface area contributed by atoms with Crippen molar-refractivity contribution in [2.24, 2.45) is 0 Å². The van der Waals surface area contributed by atoms with Gasteiger partial charge in [0.2, 0.25) is 0 Å². The van der Waals surface area contributed by atoms with Gasteiger partial charge in [-0.15, -0.1) is 0 Å². The molecule has 0 bridgehead atoms. The number of hydrogen-bond acceptors (Lipinski definition) is 3. The molecule has 0 aliphatic carbocycles. The lowest BCUT2D eigenvalue weighted by Gasteiger charge is -2.15. The molecule has 0 spiro atoms. The van der Waals surface area contributed by atoms with Crippen LogP contribution in [0.1, 0.15) is 51.7 Å². The Kier molecular flexibility index (Phi) is 6.58. The number of rotatable bonds is 8. The van der Waals surface area contributed by atoms with E-state index < -0.39 is 6.10 Å². The topological polar surface area (TPSA) is 38.7 Å². The van der Waals surface area contributed by atoms with Crippen LogP contribution in [0.15, 0.2) is 18.2 Å². The van der Waals surface area contributed by atoms with E-state index >= 15 is 0 Å². The maximum Gasteiger partial charge on any atom is 0.161 e. The number of hydrogen-bond donors (Lipinski definition) is 1. The van der Waals surface area contributed by atoms with Crippen molar-refractivity contribution < 1.29 is 14.6 Å². The highest BCUT2D eigenvalue weighted by molar-refractivity contribution is 5.43. The minimum absolute atomic E-state index is 0.436. The van der Waals surface area contributed by atoms with Crippen LogP contribution in [0.2, 0.25) is 0 Å². The maximum atomic E-state index is 9.85.